The Bertz CT molecular complexity index is 184. The van der Waals surface area contributed by atoms with E-state index in [2.05, 4.69) is 16.5 Å². The lowest BCUT2D eigenvalue weighted by atomic mass is 10.1. The van der Waals surface area contributed by atoms with E-state index >= 15 is 0 Å². The van der Waals surface area contributed by atoms with Crippen LogP contribution in [0.5, 0.6) is 0 Å². The van der Waals surface area contributed by atoms with Crippen LogP contribution in [-0.4, -0.2) is 19.1 Å². The molecule has 0 bridgehead atoms. The third-order valence-corrected chi connectivity index (χ3v) is 1.96. The molecule has 0 aliphatic heterocycles. The molecule has 1 atom stereocenters. The number of hydrogen-bond donors (Lipinski definition) is 0. The normalized spacial score (nSPS) is 11.8. The Morgan fingerprint density at radius 3 is 2.62 bits per heavy atom. The van der Waals surface area contributed by atoms with Gasteiger partial charge >= 0.3 is 12.0 Å². The van der Waals surface area contributed by atoms with Gasteiger partial charge in [0.25, 0.3) is 0 Å². The van der Waals surface area contributed by atoms with Crippen LogP contribution in [-0.2, 0) is 9.53 Å². The molecule has 74 valence electrons. The molecule has 0 aliphatic carbocycles. The highest BCUT2D eigenvalue weighted by molar-refractivity contribution is 5.77. The maximum atomic E-state index is 11.0. The fraction of sp³-hybridized carbons (Fsp3) is 0.800. The average molecular weight is 183 g/mol. The Balaban J connectivity index is 3.62. The second-order valence-corrected chi connectivity index (χ2v) is 3.02. The number of methoxy groups -OCH3 is 1. The number of hydrogen-bond acceptors (Lipinski definition) is 2. The molecule has 3 heteroatoms. The van der Waals surface area contributed by atoms with Crippen LogP contribution in [0.15, 0.2) is 0 Å². The van der Waals surface area contributed by atoms with Gasteiger partial charge in [-0.3, -0.25) is 0 Å². The van der Waals surface area contributed by atoms with Crippen LogP contribution in [0.25, 0.3) is 4.85 Å². The molecule has 0 aromatic rings. The predicted octanol–water partition coefficient (Wildman–Crippen LogP) is 2.42. The Hall–Kier alpha value is -1.04. The highest BCUT2D eigenvalue weighted by Gasteiger charge is 2.22. The molecule has 13 heavy (non-hydrogen) atoms. The summed E-state index contributed by atoms with van der Waals surface area (Å²) in [4.78, 5) is 14.2. The molecular formula is C10H17NO2. The molecule has 0 amide bonds. The van der Waals surface area contributed by atoms with Crippen LogP contribution in [0, 0.1) is 6.57 Å². The van der Waals surface area contributed by atoms with Crippen LogP contribution in [0.1, 0.15) is 39.0 Å². The maximum absolute atomic E-state index is 11.0. The molecule has 0 radical (unpaired) electrons. The molecule has 0 heterocycles. The highest BCUT2D eigenvalue weighted by Crippen LogP contribution is 2.09. The first-order valence-electron chi connectivity index (χ1n) is 4.70. The summed E-state index contributed by atoms with van der Waals surface area (Å²) >= 11 is 0. The first kappa shape index (κ1) is 12.0. The van der Waals surface area contributed by atoms with Crippen molar-refractivity contribution in [2.45, 2.75) is 45.1 Å². The fourth-order valence-corrected chi connectivity index (χ4v) is 1.14. The summed E-state index contributed by atoms with van der Waals surface area (Å²) in [7, 11) is 1.33. The average Bonchev–Trinajstić information content (AvgIpc) is 2.17. The van der Waals surface area contributed by atoms with E-state index in [4.69, 9.17) is 6.57 Å². The summed E-state index contributed by atoms with van der Waals surface area (Å²) in [6.07, 6.45) is 5.01. The van der Waals surface area contributed by atoms with E-state index in [0.29, 0.717) is 6.42 Å². The van der Waals surface area contributed by atoms with Crippen LogP contribution in [0.2, 0.25) is 0 Å². The van der Waals surface area contributed by atoms with Gasteiger partial charge < -0.3 is 9.58 Å². The summed E-state index contributed by atoms with van der Waals surface area (Å²) < 4.78 is 4.51. The van der Waals surface area contributed by atoms with Crippen LogP contribution >= 0.6 is 0 Å². The van der Waals surface area contributed by atoms with E-state index < -0.39 is 12.0 Å². The molecule has 0 aromatic carbocycles. The number of esters is 1. The van der Waals surface area contributed by atoms with Crippen molar-refractivity contribution in [3.8, 4) is 0 Å². The van der Waals surface area contributed by atoms with Crippen molar-refractivity contribution in [3.63, 3.8) is 0 Å². The van der Waals surface area contributed by atoms with Gasteiger partial charge in [0.15, 0.2) is 0 Å². The molecule has 0 aromatic heterocycles. The van der Waals surface area contributed by atoms with Gasteiger partial charge in [-0.2, -0.15) is 0 Å². The largest absolute Gasteiger partial charge is 0.463 e. The lowest BCUT2D eigenvalue weighted by Crippen LogP contribution is -2.18. The van der Waals surface area contributed by atoms with Crippen LogP contribution in [0.4, 0.5) is 0 Å². The van der Waals surface area contributed by atoms with Crippen molar-refractivity contribution in [1.29, 1.82) is 0 Å². The zero-order chi connectivity index (χ0) is 10.1. The van der Waals surface area contributed by atoms with Crippen molar-refractivity contribution >= 4 is 5.97 Å². The Kier molecular flexibility index (Phi) is 6.99. The molecule has 0 N–H and O–H groups in total. The molecule has 0 fully saturated rings. The summed E-state index contributed by atoms with van der Waals surface area (Å²) in [5.74, 6) is -0.397. The Labute approximate surface area is 79.9 Å². The zero-order valence-electron chi connectivity index (χ0n) is 8.38. The molecule has 0 saturated heterocycles. The molecule has 0 aliphatic rings. The number of carbonyl (C=O) groups is 1. The minimum atomic E-state index is -0.582. The van der Waals surface area contributed by atoms with E-state index in [9.17, 15) is 4.79 Å². The molecule has 0 unspecified atom stereocenters. The molecule has 0 rings (SSSR count). The summed E-state index contributed by atoms with van der Waals surface area (Å²) in [5.41, 5.74) is 0. The highest BCUT2D eigenvalue weighted by atomic mass is 16.5. The molecular weight excluding hydrogens is 166 g/mol. The Morgan fingerprint density at radius 1 is 1.46 bits per heavy atom. The number of nitrogens with zero attached hydrogens (tertiary/aromatic N) is 1. The number of carbonyl (C=O) groups excluding carboxylic acids is 1. The lowest BCUT2D eigenvalue weighted by Gasteiger charge is -2.02. The summed E-state index contributed by atoms with van der Waals surface area (Å²) in [6, 6.07) is -0.582. The first-order chi connectivity index (χ1) is 6.26. The number of rotatable bonds is 6. The summed E-state index contributed by atoms with van der Waals surface area (Å²) in [5, 5.41) is 0. The van der Waals surface area contributed by atoms with Crippen molar-refractivity contribution in [2.75, 3.05) is 7.11 Å². The first-order valence-corrected chi connectivity index (χ1v) is 4.70. The Morgan fingerprint density at radius 2 is 2.15 bits per heavy atom. The second kappa shape index (κ2) is 7.60. The van der Waals surface area contributed by atoms with Gasteiger partial charge in [-0.05, 0) is 6.42 Å². The standard InChI is InChI=1S/C10H17NO2/c1-4-5-6-7-8-9(11-2)10(12)13-3/h9H,4-8H2,1,3H3/t9-/m0/s1. The number of unbranched alkanes of at least 4 members (excludes halogenated alkanes) is 3. The maximum Gasteiger partial charge on any atom is 0.389 e. The van der Waals surface area contributed by atoms with E-state index in [1.807, 2.05) is 0 Å². The van der Waals surface area contributed by atoms with E-state index in [1.54, 1.807) is 0 Å². The fourth-order valence-electron chi connectivity index (χ4n) is 1.14. The second-order valence-electron chi connectivity index (χ2n) is 3.02. The monoisotopic (exact) mass is 183 g/mol. The summed E-state index contributed by atoms with van der Waals surface area (Å²) in [6.45, 7) is 8.93. The smallest absolute Gasteiger partial charge is 0.389 e. The zero-order valence-corrected chi connectivity index (χ0v) is 8.38. The van der Waals surface area contributed by atoms with E-state index in [-0.39, 0.29) is 0 Å². The molecule has 3 nitrogen and oxygen atoms in total. The van der Waals surface area contributed by atoms with Gasteiger partial charge in [0.1, 0.15) is 0 Å². The third kappa shape index (κ3) is 5.24. The van der Waals surface area contributed by atoms with Gasteiger partial charge in [-0.1, -0.05) is 26.2 Å². The quantitative estimate of drug-likeness (QED) is 0.359. The van der Waals surface area contributed by atoms with Gasteiger partial charge in [0, 0.05) is 6.42 Å². The lowest BCUT2D eigenvalue weighted by molar-refractivity contribution is -0.141. The van der Waals surface area contributed by atoms with Crippen LogP contribution < -0.4 is 0 Å². The van der Waals surface area contributed by atoms with Gasteiger partial charge in [-0.15, -0.1) is 0 Å². The van der Waals surface area contributed by atoms with Crippen LogP contribution in [0.3, 0.4) is 0 Å². The number of ether oxygens (including phenoxy) is 1. The predicted molar refractivity (Wildman–Crippen MR) is 51.2 cm³/mol. The van der Waals surface area contributed by atoms with Gasteiger partial charge in [-0.25, -0.2) is 11.4 Å². The van der Waals surface area contributed by atoms with Gasteiger partial charge in [0.2, 0.25) is 0 Å². The topological polar surface area (TPSA) is 30.7 Å². The van der Waals surface area contributed by atoms with Crippen molar-refractivity contribution in [1.82, 2.24) is 0 Å². The third-order valence-electron chi connectivity index (χ3n) is 1.96. The molecule has 0 spiro atoms. The minimum absolute atomic E-state index is 0.397. The van der Waals surface area contributed by atoms with Gasteiger partial charge in [0.05, 0.1) is 7.11 Å². The van der Waals surface area contributed by atoms with Crippen molar-refractivity contribution < 1.29 is 9.53 Å². The van der Waals surface area contributed by atoms with Crippen molar-refractivity contribution in [3.05, 3.63) is 11.4 Å². The molecule has 0 saturated carbocycles. The van der Waals surface area contributed by atoms with E-state index in [0.717, 1.165) is 12.8 Å². The van der Waals surface area contributed by atoms with E-state index in [1.165, 1.54) is 20.0 Å². The SMILES string of the molecule is [C-]#[N+][C@@H](CCCCCC)C(=O)OC. The van der Waals surface area contributed by atoms with Crippen molar-refractivity contribution in [2.24, 2.45) is 0 Å². The minimum Gasteiger partial charge on any atom is -0.463 e.